The molecule has 96 valence electrons. The molecule has 1 saturated heterocycles. The van der Waals surface area contributed by atoms with Crippen LogP contribution in [0.1, 0.15) is 31.2 Å². The summed E-state index contributed by atoms with van der Waals surface area (Å²) in [6.07, 6.45) is 3.46. The van der Waals surface area contributed by atoms with Crippen LogP contribution in [0.15, 0.2) is 18.2 Å². The Morgan fingerprint density at radius 1 is 1.50 bits per heavy atom. The molecule has 0 spiro atoms. The van der Waals surface area contributed by atoms with Crippen LogP contribution in [0, 0.1) is 5.82 Å². The lowest BCUT2D eigenvalue weighted by Crippen LogP contribution is -2.42. The van der Waals surface area contributed by atoms with Gasteiger partial charge >= 0.3 is 0 Å². The van der Waals surface area contributed by atoms with E-state index in [1.165, 1.54) is 25.0 Å². The number of thiazole rings is 1. The highest BCUT2D eigenvalue weighted by Gasteiger charge is 2.35. The lowest BCUT2D eigenvalue weighted by Gasteiger charge is -2.35. The second kappa shape index (κ2) is 4.59. The predicted octanol–water partition coefficient (Wildman–Crippen LogP) is 3.47. The zero-order valence-electron chi connectivity index (χ0n) is 10.5. The van der Waals surface area contributed by atoms with Crippen LogP contribution in [0.2, 0.25) is 0 Å². The third-order valence-electron chi connectivity index (χ3n) is 3.95. The molecule has 1 aliphatic rings. The summed E-state index contributed by atoms with van der Waals surface area (Å²) in [6.45, 7) is 4.31. The fourth-order valence-corrected chi connectivity index (χ4v) is 3.96. The van der Waals surface area contributed by atoms with Gasteiger partial charge in [-0.2, -0.15) is 0 Å². The number of fused-ring (bicyclic) bond motifs is 1. The first-order valence-electron chi connectivity index (χ1n) is 6.51. The molecule has 1 unspecified atom stereocenters. The first-order valence-corrected chi connectivity index (χ1v) is 7.32. The Hall–Kier alpha value is -1.00. The van der Waals surface area contributed by atoms with E-state index < -0.39 is 0 Å². The molecular formula is C14H17FN2S. The molecule has 1 aromatic heterocycles. The van der Waals surface area contributed by atoms with Crippen molar-refractivity contribution >= 4 is 21.6 Å². The van der Waals surface area contributed by atoms with E-state index in [1.807, 2.05) is 6.07 Å². The number of rotatable bonds is 2. The molecule has 1 atom stereocenters. The monoisotopic (exact) mass is 264 g/mol. The molecule has 0 bridgehead atoms. The Labute approximate surface area is 110 Å². The Morgan fingerprint density at radius 2 is 2.39 bits per heavy atom. The van der Waals surface area contributed by atoms with Crippen LogP contribution in [0.4, 0.5) is 4.39 Å². The fraction of sp³-hybridized carbons (Fsp3) is 0.500. The largest absolute Gasteiger partial charge is 0.316 e. The van der Waals surface area contributed by atoms with Crippen molar-refractivity contribution in [1.82, 2.24) is 10.3 Å². The maximum Gasteiger partial charge on any atom is 0.125 e. The van der Waals surface area contributed by atoms with E-state index >= 15 is 0 Å². The van der Waals surface area contributed by atoms with E-state index in [4.69, 9.17) is 0 Å². The van der Waals surface area contributed by atoms with Gasteiger partial charge < -0.3 is 5.32 Å². The van der Waals surface area contributed by atoms with Crippen LogP contribution in [-0.4, -0.2) is 18.1 Å². The number of hydrogen-bond acceptors (Lipinski definition) is 3. The zero-order chi connectivity index (χ0) is 12.6. The molecule has 2 nitrogen and oxygen atoms in total. The average molecular weight is 264 g/mol. The Balaban J connectivity index is 2.06. The summed E-state index contributed by atoms with van der Waals surface area (Å²) in [5.41, 5.74) is 0.951. The van der Waals surface area contributed by atoms with Crippen LogP contribution in [0.25, 0.3) is 10.2 Å². The van der Waals surface area contributed by atoms with Gasteiger partial charge in [0.1, 0.15) is 10.8 Å². The van der Waals surface area contributed by atoms with Crippen molar-refractivity contribution in [2.24, 2.45) is 0 Å². The van der Waals surface area contributed by atoms with E-state index in [9.17, 15) is 4.39 Å². The summed E-state index contributed by atoms with van der Waals surface area (Å²) in [5, 5.41) is 4.64. The highest BCUT2D eigenvalue weighted by molar-refractivity contribution is 7.18. The fourth-order valence-electron chi connectivity index (χ4n) is 2.73. The molecule has 2 heterocycles. The number of nitrogens with one attached hydrogen (secondary N) is 1. The van der Waals surface area contributed by atoms with Crippen molar-refractivity contribution in [3.63, 3.8) is 0 Å². The Morgan fingerprint density at radius 3 is 3.11 bits per heavy atom. The highest BCUT2D eigenvalue weighted by atomic mass is 32.1. The van der Waals surface area contributed by atoms with Crippen molar-refractivity contribution in [2.75, 3.05) is 13.1 Å². The van der Waals surface area contributed by atoms with Crippen molar-refractivity contribution in [1.29, 1.82) is 0 Å². The average Bonchev–Trinajstić information content (AvgIpc) is 2.83. The molecule has 4 heteroatoms. The minimum atomic E-state index is -0.202. The lowest BCUT2D eigenvalue weighted by molar-refractivity contribution is 0.302. The first kappa shape index (κ1) is 12.1. The topological polar surface area (TPSA) is 24.9 Å². The maximum atomic E-state index is 13.2. The van der Waals surface area contributed by atoms with Gasteiger partial charge in [0.25, 0.3) is 0 Å². The highest BCUT2D eigenvalue weighted by Crippen LogP contribution is 2.38. The molecule has 18 heavy (non-hydrogen) atoms. The van der Waals surface area contributed by atoms with Crippen molar-refractivity contribution < 1.29 is 4.39 Å². The minimum Gasteiger partial charge on any atom is -0.316 e. The summed E-state index contributed by atoms with van der Waals surface area (Å²) in [7, 11) is 0. The summed E-state index contributed by atoms with van der Waals surface area (Å²) >= 11 is 1.72. The van der Waals surface area contributed by atoms with Gasteiger partial charge in [0.2, 0.25) is 0 Å². The quantitative estimate of drug-likeness (QED) is 0.898. The smallest absolute Gasteiger partial charge is 0.125 e. The number of nitrogens with zero attached hydrogens (tertiary/aromatic N) is 1. The summed E-state index contributed by atoms with van der Waals surface area (Å²) < 4.78 is 14.3. The number of halogens is 1. The molecular weight excluding hydrogens is 247 g/mol. The summed E-state index contributed by atoms with van der Waals surface area (Å²) in [6, 6.07) is 4.89. The molecule has 0 amide bonds. The first-order chi connectivity index (χ1) is 8.73. The van der Waals surface area contributed by atoms with E-state index in [0.717, 1.165) is 34.7 Å². The van der Waals surface area contributed by atoms with E-state index in [2.05, 4.69) is 17.2 Å². The summed E-state index contributed by atoms with van der Waals surface area (Å²) in [4.78, 5) is 4.68. The second-order valence-corrected chi connectivity index (χ2v) is 6.08. The van der Waals surface area contributed by atoms with Gasteiger partial charge in [-0.05, 0) is 37.9 Å². The molecule has 3 rings (SSSR count). The minimum absolute atomic E-state index is 0.151. The summed E-state index contributed by atoms with van der Waals surface area (Å²) in [5.74, 6) is -0.202. The van der Waals surface area contributed by atoms with Crippen LogP contribution in [-0.2, 0) is 5.41 Å². The van der Waals surface area contributed by atoms with Gasteiger partial charge in [-0.1, -0.05) is 6.92 Å². The van der Waals surface area contributed by atoms with Gasteiger partial charge in [0.15, 0.2) is 0 Å². The zero-order valence-corrected chi connectivity index (χ0v) is 11.3. The van der Waals surface area contributed by atoms with Crippen molar-refractivity contribution in [3.05, 3.63) is 29.0 Å². The predicted molar refractivity (Wildman–Crippen MR) is 73.7 cm³/mol. The molecule has 0 aliphatic carbocycles. The Bertz CT molecular complexity index is 558. The van der Waals surface area contributed by atoms with E-state index in [1.54, 1.807) is 11.3 Å². The molecule has 2 aromatic rings. The Kier molecular flexibility index (Phi) is 3.08. The standard InChI is InChI=1S/C14H17FN2S/c1-2-14(6-3-7-16-9-14)13-17-11-8-10(15)4-5-12(11)18-13/h4-5,8,16H,2-3,6-7,9H2,1H3. The number of hydrogen-bond donors (Lipinski definition) is 1. The normalized spacial score (nSPS) is 24.6. The van der Waals surface area contributed by atoms with Gasteiger partial charge in [0, 0.05) is 18.0 Å². The second-order valence-electron chi connectivity index (χ2n) is 5.05. The molecule has 1 fully saturated rings. The van der Waals surface area contributed by atoms with Gasteiger partial charge in [-0.3, -0.25) is 0 Å². The number of aromatic nitrogens is 1. The molecule has 1 N–H and O–H groups in total. The van der Waals surface area contributed by atoms with Gasteiger partial charge in [0.05, 0.1) is 10.2 Å². The SMILES string of the molecule is CCC1(c2nc3cc(F)ccc3s2)CCCNC1. The van der Waals surface area contributed by atoms with Crippen LogP contribution >= 0.6 is 11.3 Å². The lowest BCUT2D eigenvalue weighted by atomic mass is 9.79. The van der Waals surface area contributed by atoms with Crippen LogP contribution in [0.3, 0.4) is 0 Å². The number of benzene rings is 1. The van der Waals surface area contributed by atoms with Crippen molar-refractivity contribution in [2.45, 2.75) is 31.6 Å². The van der Waals surface area contributed by atoms with Gasteiger partial charge in [-0.25, -0.2) is 9.37 Å². The van der Waals surface area contributed by atoms with Gasteiger partial charge in [-0.15, -0.1) is 11.3 Å². The van der Waals surface area contributed by atoms with Crippen molar-refractivity contribution in [3.8, 4) is 0 Å². The van der Waals surface area contributed by atoms with E-state index in [-0.39, 0.29) is 11.2 Å². The molecule has 0 radical (unpaired) electrons. The molecule has 0 saturated carbocycles. The third-order valence-corrected chi connectivity index (χ3v) is 5.24. The van der Waals surface area contributed by atoms with Crippen LogP contribution < -0.4 is 5.32 Å². The van der Waals surface area contributed by atoms with E-state index in [0.29, 0.717) is 0 Å². The molecule has 1 aromatic carbocycles. The maximum absolute atomic E-state index is 13.2. The van der Waals surface area contributed by atoms with Crippen LogP contribution in [0.5, 0.6) is 0 Å². The number of piperidine rings is 1. The third kappa shape index (κ3) is 1.93. The molecule has 1 aliphatic heterocycles.